The zero-order valence-corrected chi connectivity index (χ0v) is 17.4. The van der Waals surface area contributed by atoms with Gasteiger partial charge in [0.1, 0.15) is 5.02 Å². The van der Waals surface area contributed by atoms with E-state index in [0.717, 1.165) is 29.7 Å². The molecule has 0 aliphatic carbocycles. The fourth-order valence-corrected chi connectivity index (χ4v) is 3.96. The van der Waals surface area contributed by atoms with Crippen molar-refractivity contribution in [1.29, 1.82) is 0 Å². The van der Waals surface area contributed by atoms with E-state index in [1.807, 2.05) is 18.2 Å². The molecule has 160 valence electrons. The number of non-ortho nitro benzene ring substituents is 1. The molecule has 0 spiro atoms. The Kier molecular flexibility index (Phi) is 6.29. The maximum atomic E-state index is 12.7. The summed E-state index contributed by atoms with van der Waals surface area (Å²) in [6, 6.07) is 15.6. The van der Waals surface area contributed by atoms with Crippen LogP contribution in [0.15, 0.2) is 65.6 Å². The highest BCUT2D eigenvalue weighted by Gasteiger charge is 2.27. The van der Waals surface area contributed by atoms with Gasteiger partial charge in [-0.05, 0) is 30.5 Å². The number of hydrogen-bond acceptors (Lipinski definition) is 6. The molecule has 2 atom stereocenters. The molecule has 0 amide bonds. The van der Waals surface area contributed by atoms with Gasteiger partial charge in [0.15, 0.2) is 0 Å². The molecular weight excluding hydrogens is 420 g/mol. The van der Waals surface area contributed by atoms with Gasteiger partial charge in [-0.3, -0.25) is 14.9 Å². The SMILES string of the molecule is O=c1c(Cl)c(NCC2CCCOC2c2ccccc2)cnn1-c1ccc([N+](=O)[O-])cc1. The molecule has 2 heterocycles. The average molecular weight is 441 g/mol. The van der Waals surface area contributed by atoms with Crippen LogP contribution < -0.4 is 10.9 Å². The molecule has 0 bridgehead atoms. The van der Waals surface area contributed by atoms with Crippen molar-refractivity contribution in [2.75, 3.05) is 18.5 Å². The minimum Gasteiger partial charge on any atom is -0.382 e. The van der Waals surface area contributed by atoms with Crippen molar-refractivity contribution in [3.05, 3.63) is 91.8 Å². The van der Waals surface area contributed by atoms with Crippen molar-refractivity contribution < 1.29 is 9.66 Å². The number of aromatic nitrogens is 2. The van der Waals surface area contributed by atoms with Crippen LogP contribution in [0.2, 0.25) is 5.02 Å². The number of anilines is 1. The van der Waals surface area contributed by atoms with Crippen LogP contribution in [-0.2, 0) is 4.74 Å². The number of nitrogens with zero attached hydrogens (tertiary/aromatic N) is 3. The fourth-order valence-electron chi connectivity index (χ4n) is 3.76. The van der Waals surface area contributed by atoms with E-state index >= 15 is 0 Å². The Morgan fingerprint density at radius 1 is 1.19 bits per heavy atom. The second kappa shape index (κ2) is 9.28. The summed E-state index contributed by atoms with van der Waals surface area (Å²) in [6.07, 6.45) is 3.45. The first-order chi connectivity index (χ1) is 15.0. The van der Waals surface area contributed by atoms with Gasteiger partial charge in [0, 0.05) is 31.2 Å². The topological polar surface area (TPSA) is 99.3 Å². The summed E-state index contributed by atoms with van der Waals surface area (Å²) in [6.45, 7) is 1.31. The van der Waals surface area contributed by atoms with E-state index in [-0.39, 0.29) is 22.7 Å². The van der Waals surface area contributed by atoms with Crippen molar-refractivity contribution >= 4 is 23.0 Å². The lowest BCUT2D eigenvalue weighted by molar-refractivity contribution is -0.384. The Morgan fingerprint density at radius 2 is 1.94 bits per heavy atom. The second-order valence-electron chi connectivity index (χ2n) is 7.35. The molecule has 4 rings (SSSR count). The number of halogens is 1. The highest BCUT2D eigenvalue weighted by molar-refractivity contribution is 6.32. The summed E-state index contributed by atoms with van der Waals surface area (Å²) in [4.78, 5) is 23.0. The zero-order chi connectivity index (χ0) is 21.8. The van der Waals surface area contributed by atoms with Crippen LogP contribution in [0.25, 0.3) is 5.69 Å². The van der Waals surface area contributed by atoms with E-state index in [2.05, 4.69) is 22.5 Å². The van der Waals surface area contributed by atoms with E-state index in [4.69, 9.17) is 16.3 Å². The lowest BCUT2D eigenvalue weighted by atomic mass is 9.89. The predicted octanol–water partition coefficient (Wildman–Crippen LogP) is 4.37. The Bertz CT molecular complexity index is 1120. The third kappa shape index (κ3) is 4.60. The molecule has 1 saturated heterocycles. The Morgan fingerprint density at radius 3 is 2.65 bits per heavy atom. The van der Waals surface area contributed by atoms with Crippen molar-refractivity contribution in [3.63, 3.8) is 0 Å². The molecule has 0 saturated carbocycles. The van der Waals surface area contributed by atoms with Crippen LogP contribution in [0.4, 0.5) is 11.4 Å². The van der Waals surface area contributed by atoms with Crippen LogP contribution >= 0.6 is 11.6 Å². The molecule has 2 unspecified atom stereocenters. The molecule has 9 heteroatoms. The molecule has 1 aromatic heterocycles. The number of benzene rings is 2. The van der Waals surface area contributed by atoms with Crippen LogP contribution in [0.1, 0.15) is 24.5 Å². The van der Waals surface area contributed by atoms with Crippen molar-refractivity contribution in [2.24, 2.45) is 5.92 Å². The van der Waals surface area contributed by atoms with E-state index in [1.165, 1.54) is 30.5 Å². The van der Waals surface area contributed by atoms with Gasteiger partial charge in [0.2, 0.25) is 0 Å². The molecule has 2 aromatic carbocycles. The summed E-state index contributed by atoms with van der Waals surface area (Å²) in [5.41, 5.74) is 1.41. The minimum absolute atomic E-state index is 0.0151. The molecule has 1 aliphatic rings. The molecular formula is C22H21ClN4O4. The molecule has 1 fully saturated rings. The first-order valence-electron chi connectivity index (χ1n) is 9.97. The lowest BCUT2D eigenvalue weighted by Gasteiger charge is -2.32. The lowest BCUT2D eigenvalue weighted by Crippen LogP contribution is -2.29. The minimum atomic E-state index is -0.502. The van der Waals surface area contributed by atoms with Crippen LogP contribution in [0, 0.1) is 16.0 Å². The number of nitrogens with one attached hydrogen (secondary N) is 1. The summed E-state index contributed by atoms with van der Waals surface area (Å²) < 4.78 is 7.14. The van der Waals surface area contributed by atoms with Crippen LogP contribution in [0.5, 0.6) is 0 Å². The monoisotopic (exact) mass is 440 g/mol. The van der Waals surface area contributed by atoms with Gasteiger partial charge >= 0.3 is 0 Å². The van der Waals surface area contributed by atoms with E-state index in [1.54, 1.807) is 0 Å². The van der Waals surface area contributed by atoms with Crippen LogP contribution in [-0.4, -0.2) is 27.9 Å². The van der Waals surface area contributed by atoms with Crippen LogP contribution in [0.3, 0.4) is 0 Å². The Labute approximate surface area is 183 Å². The van der Waals surface area contributed by atoms with Gasteiger partial charge in [-0.2, -0.15) is 9.78 Å². The number of rotatable bonds is 6. The maximum absolute atomic E-state index is 12.7. The van der Waals surface area contributed by atoms with Gasteiger partial charge in [-0.15, -0.1) is 0 Å². The summed E-state index contributed by atoms with van der Waals surface area (Å²) >= 11 is 6.33. The highest BCUT2D eigenvalue weighted by atomic mass is 35.5. The number of ether oxygens (including phenoxy) is 1. The first-order valence-corrected chi connectivity index (χ1v) is 10.4. The van der Waals surface area contributed by atoms with Gasteiger partial charge in [0.25, 0.3) is 11.2 Å². The van der Waals surface area contributed by atoms with Crippen molar-refractivity contribution in [1.82, 2.24) is 9.78 Å². The molecule has 8 nitrogen and oxygen atoms in total. The molecule has 1 aliphatic heterocycles. The van der Waals surface area contributed by atoms with Gasteiger partial charge in [0.05, 0.1) is 28.6 Å². The zero-order valence-electron chi connectivity index (χ0n) is 16.6. The molecule has 0 radical (unpaired) electrons. The Hall–Kier alpha value is -3.23. The smallest absolute Gasteiger partial charge is 0.292 e. The first kappa shape index (κ1) is 21.0. The largest absolute Gasteiger partial charge is 0.382 e. The van der Waals surface area contributed by atoms with Gasteiger partial charge in [-0.1, -0.05) is 41.9 Å². The fraction of sp³-hybridized carbons (Fsp3) is 0.273. The number of nitro benzene ring substituents is 1. The molecule has 3 aromatic rings. The van der Waals surface area contributed by atoms with Gasteiger partial charge < -0.3 is 10.1 Å². The summed E-state index contributed by atoms with van der Waals surface area (Å²) in [7, 11) is 0. The van der Waals surface area contributed by atoms with E-state index < -0.39 is 10.5 Å². The normalized spacial score (nSPS) is 18.5. The average Bonchev–Trinajstić information content (AvgIpc) is 2.81. The van der Waals surface area contributed by atoms with E-state index in [0.29, 0.717) is 17.9 Å². The van der Waals surface area contributed by atoms with E-state index in [9.17, 15) is 14.9 Å². The van der Waals surface area contributed by atoms with Crippen molar-refractivity contribution in [2.45, 2.75) is 18.9 Å². The maximum Gasteiger partial charge on any atom is 0.292 e. The van der Waals surface area contributed by atoms with Crippen molar-refractivity contribution in [3.8, 4) is 5.69 Å². The predicted molar refractivity (Wildman–Crippen MR) is 118 cm³/mol. The second-order valence-corrected chi connectivity index (χ2v) is 7.73. The Balaban J connectivity index is 1.51. The van der Waals surface area contributed by atoms with Gasteiger partial charge in [-0.25, -0.2) is 0 Å². The quantitative estimate of drug-likeness (QED) is 0.451. The third-order valence-corrected chi connectivity index (χ3v) is 5.72. The standard InChI is InChI=1S/C22H21ClN4O4/c23-20-19(14-25-26(22(20)28)17-8-10-18(11-9-17)27(29)30)24-13-16-7-4-12-31-21(16)15-5-2-1-3-6-15/h1-3,5-6,8-11,14,16,21,24H,4,7,12-13H2. The summed E-state index contributed by atoms with van der Waals surface area (Å²) in [5.74, 6) is 0.226. The highest BCUT2D eigenvalue weighted by Crippen LogP contribution is 2.34. The molecule has 1 N–H and O–H groups in total. The number of nitro groups is 1. The molecule has 31 heavy (non-hydrogen) atoms. The number of hydrogen-bond donors (Lipinski definition) is 1. The third-order valence-electron chi connectivity index (χ3n) is 5.35. The summed E-state index contributed by atoms with van der Waals surface area (Å²) in [5, 5.41) is 18.3.